The van der Waals surface area contributed by atoms with Gasteiger partial charge in [-0.15, -0.1) is 0 Å². The van der Waals surface area contributed by atoms with E-state index >= 15 is 0 Å². The Balaban J connectivity index is 1.49. The number of hydrogen-bond acceptors (Lipinski definition) is 7. The molecule has 0 aliphatic carbocycles. The fourth-order valence-corrected chi connectivity index (χ4v) is 4.95. The number of pyridine rings is 1. The minimum absolute atomic E-state index is 0.247. The number of rotatable bonds is 8. The van der Waals surface area contributed by atoms with E-state index in [4.69, 9.17) is 9.47 Å². The highest BCUT2D eigenvalue weighted by Gasteiger charge is 2.29. The van der Waals surface area contributed by atoms with Crippen LogP contribution < -0.4 is 10.6 Å². The number of esters is 1. The second-order valence-corrected chi connectivity index (χ2v) is 10.9. The molecule has 0 aliphatic rings. The molecule has 0 fully saturated rings. The van der Waals surface area contributed by atoms with Gasteiger partial charge < -0.3 is 30.1 Å². The number of alkyl carbamates (subject to hydrolysis) is 1. The van der Waals surface area contributed by atoms with E-state index in [2.05, 4.69) is 31.7 Å². The van der Waals surface area contributed by atoms with E-state index in [1.54, 1.807) is 39.1 Å². The quantitative estimate of drug-likeness (QED) is 0.171. The van der Waals surface area contributed by atoms with E-state index < -0.39 is 29.7 Å². The summed E-state index contributed by atoms with van der Waals surface area (Å²) in [7, 11) is 1.31. The van der Waals surface area contributed by atoms with Crippen LogP contribution in [0, 0.1) is 11.3 Å². The number of ether oxygens (including phenoxy) is 2. The molecule has 3 aromatic heterocycles. The van der Waals surface area contributed by atoms with Crippen molar-refractivity contribution in [3.8, 4) is 17.2 Å². The smallest absolute Gasteiger partial charge is 0.407 e. The third kappa shape index (κ3) is 6.05. The fraction of sp³-hybridized carbons (Fsp3) is 0.250. The van der Waals surface area contributed by atoms with Crippen molar-refractivity contribution in [1.29, 1.82) is 5.26 Å². The lowest BCUT2D eigenvalue weighted by atomic mass is 9.98. The standard InChI is InChI=1S/C32H32N6O4/c1-32(2,3)42-31(40)38-27(15-20-17-35-25-10-6-5-8-21(20)25)28(16-33)37-26-12-11-19(14-23(26)30(39)41-4)24-18-36-29-22(24)9-7-13-34-29/h5-14,17-18,27-28,35,37H,15H2,1-4H3,(H,34,36)(H,38,40)/t27-,28?/m0/s1. The van der Waals surface area contributed by atoms with Crippen LogP contribution in [0.2, 0.25) is 0 Å². The lowest BCUT2D eigenvalue weighted by Gasteiger charge is -2.27. The fourth-order valence-electron chi connectivity index (χ4n) is 4.95. The van der Waals surface area contributed by atoms with Gasteiger partial charge in [-0.25, -0.2) is 14.6 Å². The molecule has 0 radical (unpaired) electrons. The zero-order valence-corrected chi connectivity index (χ0v) is 23.8. The Morgan fingerprint density at radius 3 is 2.60 bits per heavy atom. The minimum Gasteiger partial charge on any atom is -0.465 e. The number of H-pyrrole nitrogens is 2. The molecule has 10 heteroatoms. The zero-order valence-electron chi connectivity index (χ0n) is 23.8. The molecule has 1 unspecified atom stereocenters. The average Bonchev–Trinajstić information content (AvgIpc) is 3.59. The predicted octanol–water partition coefficient (Wildman–Crippen LogP) is 5.94. The summed E-state index contributed by atoms with van der Waals surface area (Å²) in [5.74, 6) is -0.567. The van der Waals surface area contributed by atoms with Gasteiger partial charge in [0, 0.05) is 46.1 Å². The van der Waals surface area contributed by atoms with Crippen LogP contribution in [0.1, 0.15) is 36.7 Å². The van der Waals surface area contributed by atoms with Gasteiger partial charge in [0.15, 0.2) is 0 Å². The maximum atomic E-state index is 12.9. The lowest BCUT2D eigenvalue weighted by molar-refractivity contribution is 0.0501. The highest BCUT2D eigenvalue weighted by Crippen LogP contribution is 2.31. The molecule has 4 N–H and O–H groups in total. The first-order valence-electron chi connectivity index (χ1n) is 13.5. The Morgan fingerprint density at radius 2 is 1.83 bits per heavy atom. The number of methoxy groups -OCH3 is 1. The Bertz CT molecular complexity index is 1790. The molecular formula is C32H32N6O4. The van der Waals surface area contributed by atoms with Crippen molar-refractivity contribution in [2.75, 3.05) is 12.4 Å². The molecule has 3 heterocycles. The van der Waals surface area contributed by atoms with Crippen LogP contribution in [0.15, 0.2) is 73.2 Å². The molecule has 0 bridgehead atoms. The molecule has 0 spiro atoms. The monoisotopic (exact) mass is 564 g/mol. The summed E-state index contributed by atoms with van der Waals surface area (Å²) in [6, 6.07) is 17.5. The molecule has 10 nitrogen and oxygen atoms in total. The molecule has 5 aromatic rings. The number of fused-ring (bicyclic) bond motifs is 2. The molecular weight excluding hydrogens is 532 g/mol. The van der Waals surface area contributed by atoms with Crippen molar-refractivity contribution in [2.45, 2.75) is 44.9 Å². The second kappa shape index (κ2) is 11.7. The first kappa shape index (κ1) is 28.2. The minimum atomic E-state index is -0.933. The highest BCUT2D eigenvalue weighted by molar-refractivity contribution is 6.00. The number of anilines is 1. The number of hydrogen-bond donors (Lipinski definition) is 4. The lowest BCUT2D eigenvalue weighted by Crippen LogP contribution is -2.49. The van der Waals surface area contributed by atoms with Crippen molar-refractivity contribution in [3.63, 3.8) is 0 Å². The SMILES string of the molecule is COC(=O)c1cc(-c2c[nH]c3ncccc23)ccc1NC(C#N)[C@H](Cc1c[nH]c2ccccc12)NC(=O)OC(C)(C)C. The molecule has 0 saturated heterocycles. The molecule has 5 rings (SSSR count). The van der Waals surface area contributed by atoms with Gasteiger partial charge >= 0.3 is 12.1 Å². The third-order valence-electron chi connectivity index (χ3n) is 6.86. The van der Waals surface area contributed by atoms with E-state index in [0.29, 0.717) is 12.1 Å². The first-order chi connectivity index (χ1) is 20.2. The van der Waals surface area contributed by atoms with Gasteiger partial charge in [0.25, 0.3) is 0 Å². The molecule has 214 valence electrons. The van der Waals surface area contributed by atoms with E-state index in [1.165, 1.54) is 7.11 Å². The Labute approximate surface area is 243 Å². The molecule has 2 atom stereocenters. The molecule has 1 amide bonds. The molecule has 0 saturated carbocycles. The number of nitriles is 1. The Hall–Kier alpha value is -5.30. The number of nitrogens with zero attached hydrogens (tertiary/aromatic N) is 2. The summed E-state index contributed by atoms with van der Waals surface area (Å²) in [6.07, 6.45) is 5.08. The van der Waals surface area contributed by atoms with E-state index in [0.717, 1.165) is 38.6 Å². The van der Waals surface area contributed by atoms with Crippen LogP contribution in [-0.2, 0) is 15.9 Å². The topological polar surface area (TPSA) is 145 Å². The third-order valence-corrected chi connectivity index (χ3v) is 6.86. The number of benzene rings is 2. The number of aromatic amines is 2. The van der Waals surface area contributed by atoms with Gasteiger partial charge in [-0.2, -0.15) is 5.26 Å². The molecule has 2 aromatic carbocycles. The van der Waals surface area contributed by atoms with Crippen molar-refractivity contribution < 1.29 is 19.1 Å². The summed E-state index contributed by atoms with van der Waals surface area (Å²) in [4.78, 5) is 36.5. The van der Waals surface area contributed by atoms with Crippen LogP contribution in [0.3, 0.4) is 0 Å². The Kier molecular flexibility index (Phi) is 7.84. The predicted molar refractivity (Wildman–Crippen MR) is 161 cm³/mol. The van der Waals surface area contributed by atoms with Crippen LogP contribution in [0.4, 0.5) is 10.5 Å². The van der Waals surface area contributed by atoms with Gasteiger partial charge in [-0.1, -0.05) is 24.3 Å². The Morgan fingerprint density at radius 1 is 1.05 bits per heavy atom. The van der Waals surface area contributed by atoms with Gasteiger partial charge in [-0.05, 0) is 68.7 Å². The zero-order chi connectivity index (χ0) is 29.9. The number of aromatic nitrogens is 3. The van der Waals surface area contributed by atoms with Crippen molar-refractivity contribution in [1.82, 2.24) is 20.3 Å². The van der Waals surface area contributed by atoms with Crippen LogP contribution >= 0.6 is 0 Å². The van der Waals surface area contributed by atoms with Crippen LogP contribution in [0.5, 0.6) is 0 Å². The highest BCUT2D eigenvalue weighted by atomic mass is 16.6. The van der Waals surface area contributed by atoms with Crippen molar-refractivity contribution in [2.24, 2.45) is 0 Å². The largest absolute Gasteiger partial charge is 0.465 e. The summed E-state index contributed by atoms with van der Waals surface area (Å²) >= 11 is 0. The summed E-state index contributed by atoms with van der Waals surface area (Å²) in [5.41, 5.74) is 4.16. The van der Waals surface area contributed by atoms with Gasteiger partial charge in [0.1, 0.15) is 17.3 Å². The first-order valence-corrected chi connectivity index (χ1v) is 13.5. The van der Waals surface area contributed by atoms with Gasteiger partial charge in [0.2, 0.25) is 0 Å². The van der Waals surface area contributed by atoms with Gasteiger partial charge in [0.05, 0.1) is 24.8 Å². The average molecular weight is 565 g/mol. The second-order valence-electron chi connectivity index (χ2n) is 10.9. The number of para-hydroxylation sites is 1. The van der Waals surface area contributed by atoms with E-state index in [9.17, 15) is 14.9 Å². The summed E-state index contributed by atoms with van der Waals surface area (Å²) in [5, 5.41) is 18.3. The number of carbonyl (C=O) groups excluding carboxylic acids is 2. The van der Waals surface area contributed by atoms with Crippen LogP contribution in [0.25, 0.3) is 33.1 Å². The molecule has 42 heavy (non-hydrogen) atoms. The maximum absolute atomic E-state index is 12.9. The molecule has 0 aliphatic heterocycles. The van der Waals surface area contributed by atoms with Crippen molar-refractivity contribution >= 4 is 39.7 Å². The number of carbonyl (C=O) groups is 2. The summed E-state index contributed by atoms with van der Waals surface area (Å²) in [6.45, 7) is 5.32. The van der Waals surface area contributed by atoms with Crippen molar-refractivity contribution in [3.05, 3.63) is 84.3 Å². The van der Waals surface area contributed by atoms with E-state index in [1.807, 2.05) is 54.9 Å². The normalized spacial score (nSPS) is 12.8. The number of amides is 1. The van der Waals surface area contributed by atoms with E-state index in [-0.39, 0.29) is 5.56 Å². The summed E-state index contributed by atoms with van der Waals surface area (Å²) < 4.78 is 10.6. The van der Waals surface area contributed by atoms with Crippen LogP contribution in [-0.4, -0.2) is 51.8 Å². The number of nitrogens with one attached hydrogen (secondary N) is 4. The maximum Gasteiger partial charge on any atom is 0.407 e. The van der Waals surface area contributed by atoms with Gasteiger partial charge in [-0.3, -0.25) is 0 Å².